The first-order chi connectivity index (χ1) is 4.74. The van der Waals surface area contributed by atoms with Gasteiger partial charge in [-0.2, -0.15) is 0 Å². The molecule has 1 saturated carbocycles. The summed E-state index contributed by atoms with van der Waals surface area (Å²) in [5.41, 5.74) is 0. The Bertz CT molecular complexity index is 132. The van der Waals surface area contributed by atoms with Crippen molar-refractivity contribution in [3.63, 3.8) is 0 Å². The number of alkyl carbamates (subject to hydrolysis) is 1. The van der Waals surface area contributed by atoms with Gasteiger partial charge in [0.25, 0.3) is 0 Å². The van der Waals surface area contributed by atoms with E-state index in [1.54, 1.807) is 0 Å². The molecule has 1 fully saturated rings. The molecule has 3 heteroatoms. The van der Waals surface area contributed by atoms with Crippen molar-refractivity contribution in [1.82, 2.24) is 5.32 Å². The van der Waals surface area contributed by atoms with Gasteiger partial charge in [0.1, 0.15) is 0 Å². The van der Waals surface area contributed by atoms with Gasteiger partial charge in [0.15, 0.2) is 0 Å². The largest absolute Gasteiger partial charge is 0.453 e. The predicted molar refractivity (Wildman–Crippen MR) is 37.7 cm³/mol. The number of carbonyl (C=O) groups is 1. The number of nitrogens with one attached hydrogen (secondary N) is 1. The molecule has 0 aliphatic heterocycles. The molecule has 10 heavy (non-hydrogen) atoms. The summed E-state index contributed by atoms with van der Waals surface area (Å²) in [6.45, 7) is 2.01. The van der Waals surface area contributed by atoms with E-state index in [1.807, 2.05) is 6.92 Å². The number of rotatable bonds is 2. The van der Waals surface area contributed by atoms with Crippen molar-refractivity contribution in [2.45, 2.75) is 25.8 Å². The SMILES string of the molecule is COC(=O)NC(C)C1CC1. The molecule has 1 atom stereocenters. The fourth-order valence-corrected chi connectivity index (χ4v) is 0.959. The molecule has 0 spiro atoms. The van der Waals surface area contributed by atoms with E-state index in [1.165, 1.54) is 20.0 Å². The summed E-state index contributed by atoms with van der Waals surface area (Å²) in [5, 5.41) is 2.73. The van der Waals surface area contributed by atoms with Crippen LogP contribution in [-0.2, 0) is 4.74 Å². The minimum atomic E-state index is -0.320. The molecule has 1 rings (SSSR count). The summed E-state index contributed by atoms with van der Waals surface area (Å²) in [4.78, 5) is 10.6. The van der Waals surface area contributed by atoms with Crippen LogP contribution in [0.5, 0.6) is 0 Å². The maximum Gasteiger partial charge on any atom is 0.407 e. The van der Waals surface area contributed by atoms with Crippen molar-refractivity contribution in [2.24, 2.45) is 5.92 Å². The van der Waals surface area contributed by atoms with E-state index >= 15 is 0 Å². The third-order valence-corrected chi connectivity index (χ3v) is 1.86. The predicted octanol–water partition coefficient (Wildman–Crippen LogP) is 1.14. The molecule has 0 heterocycles. The average molecular weight is 143 g/mol. The quantitative estimate of drug-likeness (QED) is 0.629. The Morgan fingerprint density at radius 2 is 2.30 bits per heavy atom. The van der Waals surface area contributed by atoms with Gasteiger partial charge >= 0.3 is 6.09 Å². The van der Waals surface area contributed by atoms with Crippen molar-refractivity contribution in [3.8, 4) is 0 Å². The lowest BCUT2D eigenvalue weighted by Gasteiger charge is -2.10. The normalized spacial score (nSPS) is 19.8. The molecule has 0 aromatic heterocycles. The molecule has 0 aromatic carbocycles. The highest BCUT2D eigenvalue weighted by molar-refractivity contribution is 5.67. The maximum atomic E-state index is 10.6. The van der Waals surface area contributed by atoms with Crippen molar-refractivity contribution < 1.29 is 9.53 Å². The van der Waals surface area contributed by atoms with Gasteiger partial charge in [0.05, 0.1) is 7.11 Å². The van der Waals surface area contributed by atoms with Crippen molar-refractivity contribution in [1.29, 1.82) is 0 Å². The number of carbonyl (C=O) groups excluding carboxylic acids is 1. The van der Waals surface area contributed by atoms with Crippen molar-refractivity contribution in [3.05, 3.63) is 0 Å². The smallest absolute Gasteiger partial charge is 0.407 e. The molecule has 58 valence electrons. The highest BCUT2D eigenvalue weighted by Crippen LogP contribution is 2.32. The van der Waals surface area contributed by atoms with Crippen LogP contribution in [0.15, 0.2) is 0 Å². The Labute approximate surface area is 60.7 Å². The number of methoxy groups -OCH3 is 1. The molecule has 1 N–H and O–H groups in total. The second kappa shape index (κ2) is 2.90. The third kappa shape index (κ3) is 1.90. The lowest BCUT2D eigenvalue weighted by atomic mass is 10.2. The fourth-order valence-electron chi connectivity index (χ4n) is 0.959. The van der Waals surface area contributed by atoms with Crippen LogP contribution < -0.4 is 5.32 Å². The fraction of sp³-hybridized carbons (Fsp3) is 0.857. The van der Waals surface area contributed by atoms with Gasteiger partial charge in [-0.1, -0.05) is 0 Å². The summed E-state index contributed by atoms with van der Waals surface area (Å²) in [6.07, 6.45) is 2.16. The zero-order valence-corrected chi connectivity index (χ0v) is 6.39. The van der Waals surface area contributed by atoms with Crippen LogP contribution in [0.4, 0.5) is 4.79 Å². The zero-order valence-electron chi connectivity index (χ0n) is 6.39. The standard InChI is InChI=1S/C7H13NO2/c1-5(6-3-4-6)8-7(9)10-2/h5-6H,3-4H2,1-2H3,(H,8,9). The van der Waals surface area contributed by atoms with Crippen LogP contribution in [0.2, 0.25) is 0 Å². The molecule has 1 amide bonds. The number of amides is 1. The van der Waals surface area contributed by atoms with Gasteiger partial charge in [0.2, 0.25) is 0 Å². The van der Waals surface area contributed by atoms with E-state index in [2.05, 4.69) is 10.1 Å². The lowest BCUT2D eigenvalue weighted by Crippen LogP contribution is -2.33. The Balaban J connectivity index is 2.16. The van der Waals surface area contributed by atoms with Gasteiger partial charge in [0, 0.05) is 6.04 Å². The van der Waals surface area contributed by atoms with Crippen LogP contribution >= 0.6 is 0 Å². The molecule has 0 aromatic rings. The van der Waals surface area contributed by atoms with Crippen molar-refractivity contribution in [2.75, 3.05) is 7.11 Å². The van der Waals surface area contributed by atoms with E-state index in [9.17, 15) is 4.79 Å². The third-order valence-electron chi connectivity index (χ3n) is 1.86. The topological polar surface area (TPSA) is 38.3 Å². The first kappa shape index (κ1) is 7.38. The van der Waals surface area contributed by atoms with Gasteiger partial charge in [-0.25, -0.2) is 4.79 Å². The zero-order chi connectivity index (χ0) is 7.56. The van der Waals surface area contributed by atoms with Crippen LogP contribution in [0.3, 0.4) is 0 Å². The minimum Gasteiger partial charge on any atom is -0.453 e. The molecule has 0 bridgehead atoms. The molecule has 1 aliphatic rings. The summed E-state index contributed by atoms with van der Waals surface area (Å²) in [5.74, 6) is 0.694. The highest BCUT2D eigenvalue weighted by Gasteiger charge is 2.28. The minimum absolute atomic E-state index is 0.285. The number of hydrogen-bond donors (Lipinski definition) is 1. The van der Waals surface area contributed by atoms with Gasteiger partial charge in [-0.3, -0.25) is 0 Å². The summed E-state index contributed by atoms with van der Waals surface area (Å²) >= 11 is 0. The first-order valence-corrected chi connectivity index (χ1v) is 3.58. The summed E-state index contributed by atoms with van der Waals surface area (Å²) in [7, 11) is 1.38. The molecule has 1 aliphatic carbocycles. The Morgan fingerprint density at radius 1 is 1.70 bits per heavy atom. The first-order valence-electron chi connectivity index (χ1n) is 3.58. The van der Waals surface area contributed by atoms with Gasteiger partial charge in [-0.05, 0) is 25.7 Å². The highest BCUT2D eigenvalue weighted by atomic mass is 16.5. The second-order valence-electron chi connectivity index (χ2n) is 2.76. The van der Waals surface area contributed by atoms with E-state index in [0.717, 1.165) is 0 Å². The number of hydrogen-bond acceptors (Lipinski definition) is 2. The molecule has 0 saturated heterocycles. The van der Waals surface area contributed by atoms with E-state index < -0.39 is 0 Å². The Hall–Kier alpha value is -0.730. The molecule has 0 radical (unpaired) electrons. The second-order valence-corrected chi connectivity index (χ2v) is 2.76. The van der Waals surface area contributed by atoms with E-state index in [4.69, 9.17) is 0 Å². The van der Waals surface area contributed by atoms with Crippen LogP contribution in [0.25, 0.3) is 0 Å². The molecular weight excluding hydrogens is 130 g/mol. The van der Waals surface area contributed by atoms with Crippen LogP contribution in [-0.4, -0.2) is 19.2 Å². The average Bonchev–Trinajstić information content (AvgIpc) is 2.68. The summed E-state index contributed by atoms with van der Waals surface area (Å²) < 4.78 is 4.45. The number of ether oxygens (including phenoxy) is 1. The van der Waals surface area contributed by atoms with Crippen LogP contribution in [0.1, 0.15) is 19.8 Å². The van der Waals surface area contributed by atoms with E-state index in [-0.39, 0.29) is 12.1 Å². The summed E-state index contributed by atoms with van der Waals surface area (Å²) in [6, 6.07) is 0.285. The lowest BCUT2D eigenvalue weighted by molar-refractivity contribution is 0.166. The van der Waals surface area contributed by atoms with E-state index in [0.29, 0.717) is 5.92 Å². The monoisotopic (exact) mass is 143 g/mol. The van der Waals surface area contributed by atoms with Crippen LogP contribution in [0, 0.1) is 5.92 Å². The Kier molecular flexibility index (Phi) is 2.14. The van der Waals surface area contributed by atoms with Gasteiger partial charge < -0.3 is 10.1 Å². The van der Waals surface area contributed by atoms with Crippen molar-refractivity contribution >= 4 is 6.09 Å². The molecular formula is C7H13NO2. The molecule has 3 nitrogen and oxygen atoms in total. The molecule has 1 unspecified atom stereocenters. The van der Waals surface area contributed by atoms with Gasteiger partial charge in [-0.15, -0.1) is 0 Å². The maximum absolute atomic E-state index is 10.6. The Morgan fingerprint density at radius 3 is 2.70 bits per heavy atom.